The molecule has 3 N–H and O–H groups in total. The number of benzene rings is 1. The van der Waals surface area contributed by atoms with Crippen LogP contribution in [0.4, 0.5) is 5.69 Å². The van der Waals surface area contributed by atoms with Gasteiger partial charge in [0.05, 0.1) is 17.7 Å². The van der Waals surface area contributed by atoms with Crippen LogP contribution in [0, 0.1) is 5.92 Å². The molecule has 2 aliphatic rings. The highest BCUT2D eigenvalue weighted by Crippen LogP contribution is 2.29. The maximum atomic E-state index is 12.3. The lowest BCUT2D eigenvalue weighted by Gasteiger charge is -2.13. The summed E-state index contributed by atoms with van der Waals surface area (Å²) in [6, 6.07) is 4.55. The lowest BCUT2D eigenvalue weighted by atomic mass is 10.0. The van der Waals surface area contributed by atoms with Gasteiger partial charge in [0, 0.05) is 12.5 Å². The van der Waals surface area contributed by atoms with Gasteiger partial charge in [0.15, 0.2) is 0 Å². The van der Waals surface area contributed by atoms with Crippen LogP contribution in [0.1, 0.15) is 32.1 Å². The molecule has 3 rings (SSSR count). The minimum atomic E-state index is -3.57. The standard InChI is InChI=1S/C17H25N3O4S.ClH/c1-24-16-6-5-14(25(22,23)20-13-3-4-13)10-15(16)19-17(21)7-2-12-8-9-18-11-12;/h5-6,10,12-13,18,20H,2-4,7-9,11H2,1H3,(H,19,21);1H. The Morgan fingerprint density at radius 3 is 2.69 bits per heavy atom. The second-order valence-corrected chi connectivity index (χ2v) is 8.42. The highest BCUT2D eigenvalue weighted by Gasteiger charge is 2.28. The van der Waals surface area contributed by atoms with E-state index in [1.54, 1.807) is 6.07 Å². The number of methoxy groups -OCH3 is 1. The van der Waals surface area contributed by atoms with Crippen LogP contribution in [-0.4, -0.2) is 40.6 Å². The van der Waals surface area contributed by atoms with Gasteiger partial charge in [-0.15, -0.1) is 12.4 Å². The molecule has 0 bridgehead atoms. The number of halogens is 1. The van der Waals surface area contributed by atoms with Gasteiger partial charge in [-0.2, -0.15) is 0 Å². The molecule has 9 heteroatoms. The normalized spacial score (nSPS) is 19.7. The van der Waals surface area contributed by atoms with Crippen molar-refractivity contribution in [2.24, 2.45) is 5.92 Å². The average Bonchev–Trinajstić information content (AvgIpc) is 3.23. The Labute approximate surface area is 160 Å². The monoisotopic (exact) mass is 403 g/mol. The molecule has 1 aliphatic heterocycles. The van der Waals surface area contributed by atoms with Gasteiger partial charge < -0.3 is 15.4 Å². The second kappa shape index (κ2) is 9.03. The highest BCUT2D eigenvalue weighted by atomic mass is 35.5. The maximum Gasteiger partial charge on any atom is 0.240 e. The molecule has 1 saturated heterocycles. The fourth-order valence-corrected chi connectivity index (χ4v) is 4.28. The number of carbonyl (C=O) groups is 1. The van der Waals surface area contributed by atoms with E-state index < -0.39 is 10.0 Å². The molecule has 2 fully saturated rings. The van der Waals surface area contributed by atoms with Crippen molar-refractivity contribution in [1.29, 1.82) is 0 Å². The van der Waals surface area contributed by atoms with Crippen LogP contribution in [-0.2, 0) is 14.8 Å². The third kappa shape index (κ3) is 5.57. The summed E-state index contributed by atoms with van der Waals surface area (Å²) in [7, 11) is -2.08. The molecule has 1 saturated carbocycles. The van der Waals surface area contributed by atoms with Gasteiger partial charge in [-0.05, 0) is 62.9 Å². The number of sulfonamides is 1. The maximum absolute atomic E-state index is 12.3. The molecule has 0 aromatic heterocycles. The van der Waals surface area contributed by atoms with Crippen LogP contribution < -0.4 is 20.1 Å². The summed E-state index contributed by atoms with van der Waals surface area (Å²) in [6.07, 6.45) is 4.07. The molecule has 1 aromatic carbocycles. The van der Waals surface area contributed by atoms with Crippen molar-refractivity contribution in [1.82, 2.24) is 10.0 Å². The predicted molar refractivity (Wildman–Crippen MR) is 102 cm³/mol. The third-order valence-corrected chi connectivity index (χ3v) is 6.11. The Bertz CT molecular complexity index is 732. The van der Waals surface area contributed by atoms with Crippen LogP contribution in [0.5, 0.6) is 5.75 Å². The summed E-state index contributed by atoms with van der Waals surface area (Å²) < 4.78 is 32.6. The Hall–Kier alpha value is -1.35. The Balaban J connectivity index is 0.00000243. The van der Waals surface area contributed by atoms with E-state index in [0.717, 1.165) is 38.8 Å². The number of anilines is 1. The predicted octanol–water partition coefficient (Wildman–Crippen LogP) is 1.89. The minimum absolute atomic E-state index is 0. The number of nitrogens with one attached hydrogen (secondary N) is 3. The quantitative estimate of drug-likeness (QED) is 0.615. The molecule has 0 spiro atoms. The zero-order chi connectivity index (χ0) is 17.9. The Kier molecular flexibility index (Phi) is 7.28. The van der Waals surface area contributed by atoms with Crippen molar-refractivity contribution in [3.63, 3.8) is 0 Å². The molecule has 0 radical (unpaired) electrons. The van der Waals surface area contributed by atoms with Crippen molar-refractivity contribution in [3.8, 4) is 5.75 Å². The van der Waals surface area contributed by atoms with E-state index in [0.29, 0.717) is 23.8 Å². The molecule has 7 nitrogen and oxygen atoms in total. The van der Waals surface area contributed by atoms with Crippen molar-refractivity contribution in [2.75, 3.05) is 25.5 Å². The van der Waals surface area contributed by atoms with Gasteiger partial charge in [-0.3, -0.25) is 4.79 Å². The molecule has 1 heterocycles. The molecule has 1 aliphatic carbocycles. The van der Waals surface area contributed by atoms with Crippen LogP contribution in [0.2, 0.25) is 0 Å². The first-order valence-electron chi connectivity index (χ1n) is 8.69. The number of hydrogen-bond acceptors (Lipinski definition) is 5. The average molecular weight is 404 g/mol. The first kappa shape index (κ1) is 21.0. The molecule has 1 atom stereocenters. The van der Waals surface area contributed by atoms with Crippen LogP contribution in [0.25, 0.3) is 0 Å². The SMILES string of the molecule is COc1ccc(S(=O)(=O)NC2CC2)cc1NC(=O)CCC1CCNC1.Cl. The van der Waals surface area contributed by atoms with E-state index in [4.69, 9.17) is 4.74 Å². The van der Waals surface area contributed by atoms with E-state index in [9.17, 15) is 13.2 Å². The number of ether oxygens (including phenoxy) is 1. The van der Waals surface area contributed by atoms with E-state index in [2.05, 4.69) is 15.4 Å². The fourth-order valence-electron chi connectivity index (χ4n) is 2.95. The smallest absolute Gasteiger partial charge is 0.240 e. The molecule has 1 amide bonds. The van der Waals surface area contributed by atoms with Gasteiger partial charge >= 0.3 is 0 Å². The summed E-state index contributed by atoms with van der Waals surface area (Å²) in [5.41, 5.74) is 0.385. The first-order valence-corrected chi connectivity index (χ1v) is 10.2. The van der Waals surface area contributed by atoms with Crippen molar-refractivity contribution in [3.05, 3.63) is 18.2 Å². The number of carbonyl (C=O) groups excluding carboxylic acids is 1. The van der Waals surface area contributed by atoms with Crippen molar-refractivity contribution in [2.45, 2.75) is 43.0 Å². The zero-order valence-corrected chi connectivity index (χ0v) is 16.4. The summed E-state index contributed by atoms with van der Waals surface area (Å²) in [4.78, 5) is 12.4. The zero-order valence-electron chi connectivity index (χ0n) is 14.8. The van der Waals surface area contributed by atoms with Crippen LogP contribution in [0.15, 0.2) is 23.1 Å². The van der Waals surface area contributed by atoms with Gasteiger partial charge in [0.25, 0.3) is 0 Å². The van der Waals surface area contributed by atoms with E-state index in [1.807, 2.05) is 0 Å². The van der Waals surface area contributed by atoms with Crippen molar-refractivity contribution >= 4 is 34.0 Å². The Morgan fingerprint density at radius 1 is 1.31 bits per heavy atom. The molecule has 1 aromatic rings. The molecular weight excluding hydrogens is 378 g/mol. The lowest BCUT2D eigenvalue weighted by Crippen LogP contribution is -2.26. The van der Waals surface area contributed by atoms with Crippen molar-refractivity contribution < 1.29 is 17.9 Å². The first-order chi connectivity index (χ1) is 12.0. The minimum Gasteiger partial charge on any atom is -0.495 e. The third-order valence-electron chi connectivity index (χ3n) is 4.60. The van der Waals surface area contributed by atoms with Crippen LogP contribution >= 0.6 is 12.4 Å². The topological polar surface area (TPSA) is 96.5 Å². The van der Waals surface area contributed by atoms with Gasteiger partial charge in [-0.1, -0.05) is 0 Å². The summed E-state index contributed by atoms with van der Waals surface area (Å²) >= 11 is 0. The van der Waals surface area contributed by atoms with Gasteiger partial charge in [0.1, 0.15) is 5.75 Å². The largest absolute Gasteiger partial charge is 0.495 e. The highest BCUT2D eigenvalue weighted by molar-refractivity contribution is 7.89. The molecule has 1 unspecified atom stereocenters. The molecule has 26 heavy (non-hydrogen) atoms. The van der Waals surface area contributed by atoms with Gasteiger partial charge in [0.2, 0.25) is 15.9 Å². The Morgan fingerprint density at radius 2 is 2.08 bits per heavy atom. The summed E-state index contributed by atoms with van der Waals surface area (Å²) in [5, 5.41) is 6.07. The van der Waals surface area contributed by atoms with E-state index >= 15 is 0 Å². The number of rotatable bonds is 8. The summed E-state index contributed by atoms with van der Waals surface area (Å²) in [5.74, 6) is 0.846. The second-order valence-electron chi connectivity index (χ2n) is 6.70. The fraction of sp³-hybridized carbons (Fsp3) is 0.588. The number of amides is 1. The number of hydrogen-bond donors (Lipinski definition) is 3. The van der Waals surface area contributed by atoms with Crippen LogP contribution in [0.3, 0.4) is 0 Å². The van der Waals surface area contributed by atoms with E-state index in [1.165, 1.54) is 19.2 Å². The van der Waals surface area contributed by atoms with Gasteiger partial charge in [-0.25, -0.2) is 13.1 Å². The molecule has 146 valence electrons. The summed E-state index contributed by atoms with van der Waals surface area (Å²) in [6.45, 7) is 1.96. The van der Waals surface area contributed by atoms with E-state index in [-0.39, 0.29) is 29.3 Å². The lowest BCUT2D eigenvalue weighted by molar-refractivity contribution is -0.116. The molecular formula is C17H26ClN3O4S.